The van der Waals surface area contributed by atoms with Crippen molar-refractivity contribution in [3.8, 4) is 0 Å². The smallest absolute Gasteiger partial charge is 0.0524 e. The fraction of sp³-hybridized carbons (Fsp3) is 0.727. The Labute approximate surface area is 93.8 Å². The molecule has 0 radical (unpaired) electrons. The van der Waals surface area contributed by atoms with Gasteiger partial charge in [-0.15, -0.1) is 0 Å². The summed E-state index contributed by atoms with van der Waals surface area (Å²) in [6.07, 6.45) is 9.38. The van der Waals surface area contributed by atoms with Crippen LogP contribution >= 0.6 is 15.9 Å². The third-order valence-corrected chi connectivity index (χ3v) is 4.06. The number of nitrogens with zero attached hydrogens (tertiary/aromatic N) is 2. The SMILES string of the molecule is CCCn1cc(C2CCCC2Br)cn1. The molecule has 2 atom stereocenters. The Morgan fingerprint density at radius 2 is 2.43 bits per heavy atom. The molecule has 2 nitrogen and oxygen atoms in total. The summed E-state index contributed by atoms with van der Waals surface area (Å²) in [4.78, 5) is 0.668. The van der Waals surface area contributed by atoms with Crippen LogP contribution in [0.2, 0.25) is 0 Å². The molecule has 1 saturated carbocycles. The molecular formula is C11H17BrN2. The van der Waals surface area contributed by atoms with Crippen LogP contribution in [-0.2, 0) is 6.54 Å². The van der Waals surface area contributed by atoms with Crippen LogP contribution in [0.25, 0.3) is 0 Å². The first-order chi connectivity index (χ1) is 6.81. The number of hydrogen-bond donors (Lipinski definition) is 0. The third kappa shape index (κ3) is 2.02. The molecule has 3 heteroatoms. The molecule has 0 bridgehead atoms. The van der Waals surface area contributed by atoms with E-state index in [1.54, 1.807) is 0 Å². The van der Waals surface area contributed by atoms with Crippen LogP contribution in [-0.4, -0.2) is 14.6 Å². The first kappa shape index (κ1) is 10.2. The van der Waals surface area contributed by atoms with Gasteiger partial charge in [0.05, 0.1) is 6.20 Å². The van der Waals surface area contributed by atoms with Gasteiger partial charge < -0.3 is 0 Å². The minimum atomic E-state index is 0.668. The van der Waals surface area contributed by atoms with Gasteiger partial charge >= 0.3 is 0 Å². The molecule has 0 spiro atoms. The van der Waals surface area contributed by atoms with Gasteiger partial charge in [0.2, 0.25) is 0 Å². The summed E-state index contributed by atoms with van der Waals surface area (Å²) < 4.78 is 2.06. The second-order valence-electron chi connectivity index (χ2n) is 4.09. The monoisotopic (exact) mass is 256 g/mol. The summed E-state index contributed by atoms with van der Waals surface area (Å²) in [5, 5.41) is 4.38. The number of aromatic nitrogens is 2. The summed E-state index contributed by atoms with van der Waals surface area (Å²) in [6.45, 7) is 3.23. The van der Waals surface area contributed by atoms with Gasteiger partial charge in [0.1, 0.15) is 0 Å². The lowest BCUT2D eigenvalue weighted by Crippen LogP contribution is -2.03. The molecule has 0 aromatic carbocycles. The molecule has 0 aliphatic heterocycles. The molecule has 0 amide bonds. The van der Waals surface area contributed by atoms with E-state index in [9.17, 15) is 0 Å². The topological polar surface area (TPSA) is 17.8 Å². The highest BCUT2D eigenvalue weighted by Gasteiger charge is 2.27. The molecule has 1 aromatic heterocycles. The standard InChI is InChI=1S/C11H17BrN2/c1-2-6-14-8-9(7-13-14)10-4-3-5-11(10)12/h7-8,10-11H,2-6H2,1H3. The summed E-state index contributed by atoms with van der Waals surface area (Å²) >= 11 is 3.75. The van der Waals surface area contributed by atoms with E-state index in [1.807, 2.05) is 6.20 Å². The summed E-state index contributed by atoms with van der Waals surface area (Å²) in [7, 11) is 0. The van der Waals surface area contributed by atoms with Gasteiger partial charge in [-0.05, 0) is 30.7 Å². The van der Waals surface area contributed by atoms with Crippen LogP contribution in [0, 0.1) is 0 Å². The van der Waals surface area contributed by atoms with Gasteiger partial charge in [0, 0.05) is 17.6 Å². The number of hydrogen-bond acceptors (Lipinski definition) is 1. The molecular weight excluding hydrogens is 240 g/mol. The van der Waals surface area contributed by atoms with Crippen molar-refractivity contribution in [2.45, 2.75) is 49.9 Å². The molecule has 0 saturated heterocycles. The second kappa shape index (κ2) is 4.47. The van der Waals surface area contributed by atoms with Gasteiger partial charge in [-0.1, -0.05) is 29.3 Å². The molecule has 78 valence electrons. The highest BCUT2D eigenvalue weighted by molar-refractivity contribution is 9.09. The predicted octanol–water partition coefficient (Wildman–Crippen LogP) is 3.32. The van der Waals surface area contributed by atoms with Crippen molar-refractivity contribution in [1.29, 1.82) is 0 Å². The minimum absolute atomic E-state index is 0.668. The van der Waals surface area contributed by atoms with Crippen LogP contribution in [0.15, 0.2) is 12.4 Å². The van der Waals surface area contributed by atoms with E-state index in [0.717, 1.165) is 13.0 Å². The lowest BCUT2D eigenvalue weighted by atomic mass is 10.0. The van der Waals surface area contributed by atoms with Crippen molar-refractivity contribution in [1.82, 2.24) is 9.78 Å². The maximum Gasteiger partial charge on any atom is 0.0524 e. The van der Waals surface area contributed by atoms with Crippen molar-refractivity contribution < 1.29 is 0 Å². The highest BCUT2D eigenvalue weighted by Crippen LogP contribution is 2.38. The first-order valence-electron chi connectivity index (χ1n) is 5.47. The van der Waals surface area contributed by atoms with Gasteiger partial charge in [-0.3, -0.25) is 4.68 Å². The zero-order valence-corrected chi connectivity index (χ0v) is 10.2. The van der Waals surface area contributed by atoms with Crippen LogP contribution in [0.1, 0.15) is 44.1 Å². The number of alkyl halides is 1. The van der Waals surface area contributed by atoms with Crippen molar-refractivity contribution in [3.63, 3.8) is 0 Å². The van der Waals surface area contributed by atoms with Crippen molar-refractivity contribution in [3.05, 3.63) is 18.0 Å². The minimum Gasteiger partial charge on any atom is -0.272 e. The van der Waals surface area contributed by atoms with Gasteiger partial charge in [0.15, 0.2) is 0 Å². The predicted molar refractivity (Wildman–Crippen MR) is 61.8 cm³/mol. The normalized spacial score (nSPS) is 27.0. The van der Waals surface area contributed by atoms with E-state index in [1.165, 1.54) is 24.8 Å². The van der Waals surface area contributed by atoms with Crippen molar-refractivity contribution in [2.24, 2.45) is 0 Å². The number of halogens is 1. The van der Waals surface area contributed by atoms with Gasteiger partial charge in [-0.25, -0.2) is 0 Å². The molecule has 1 heterocycles. The fourth-order valence-electron chi connectivity index (χ4n) is 2.21. The van der Waals surface area contributed by atoms with E-state index < -0.39 is 0 Å². The molecule has 1 aliphatic carbocycles. The fourth-order valence-corrected chi connectivity index (χ4v) is 3.11. The number of rotatable bonds is 3. The average Bonchev–Trinajstić information content (AvgIpc) is 2.74. The summed E-state index contributed by atoms with van der Waals surface area (Å²) in [5.41, 5.74) is 1.41. The molecule has 2 unspecified atom stereocenters. The summed E-state index contributed by atoms with van der Waals surface area (Å²) in [6, 6.07) is 0. The Balaban J connectivity index is 2.08. The van der Waals surface area contributed by atoms with E-state index in [0.29, 0.717) is 10.7 Å². The Kier molecular flexibility index (Phi) is 3.26. The van der Waals surface area contributed by atoms with Crippen molar-refractivity contribution >= 4 is 15.9 Å². The van der Waals surface area contributed by atoms with Crippen molar-refractivity contribution in [2.75, 3.05) is 0 Å². The first-order valence-corrected chi connectivity index (χ1v) is 6.39. The second-order valence-corrected chi connectivity index (χ2v) is 5.27. The quantitative estimate of drug-likeness (QED) is 0.759. The lowest BCUT2D eigenvalue weighted by molar-refractivity contribution is 0.601. The highest BCUT2D eigenvalue weighted by atomic mass is 79.9. The molecule has 1 aliphatic rings. The zero-order valence-electron chi connectivity index (χ0n) is 8.62. The zero-order chi connectivity index (χ0) is 9.97. The van der Waals surface area contributed by atoms with E-state index in [-0.39, 0.29) is 0 Å². The van der Waals surface area contributed by atoms with Crippen LogP contribution in [0.3, 0.4) is 0 Å². The largest absolute Gasteiger partial charge is 0.272 e. The molecule has 14 heavy (non-hydrogen) atoms. The van der Waals surface area contributed by atoms with Crippen LogP contribution < -0.4 is 0 Å². The maximum atomic E-state index is 4.38. The average molecular weight is 257 g/mol. The van der Waals surface area contributed by atoms with Gasteiger partial charge in [0.25, 0.3) is 0 Å². The van der Waals surface area contributed by atoms with Gasteiger partial charge in [-0.2, -0.15) is 5.10 Å². The Morgan fingerprint density at radius 3 is 3.07 bits per heavy atom. The molecule has 2 rings (SSSR count). The maximum absolute atomic E-state index is 4.38. The van der Waals surface area contributed by atoms with E-state index in [2.05, 4.69) is 38.8 Å². The third-order valence-electron chi connectivity index (χ3n) is 2.97. The lowest BCUT2D eigenvalue weighted by Gasteiger charge is -2.10. The molecule has 0 N–H and O–H groups in total. The molecule has 1 aromatic rings. The van der Waals surface area contributed by atoms with E-state index >= 15 is 0 Å². The number of aryl methyl sites for hydroxylation is 1. The summed E-state index contributed by atoms with van der Waals surface area (Å²) in [5.74, 6) is 0.695. The van der Waals surface area contributed by atoms with E-state index in [4.69, 9.17) is 0 Å². The Bertz CT molecular complexity index is 295. The molecule has 1 fully saturated rings. The Morgan fingerprint density at radius 1 is 1.57 bits per heavy atom. The van der Waals surface area contributed by atoms with Crippen LogP contribution in [0.5, 0.6) is 0 Å². The van der Waals surface area contributed by atoms with Crippen LogP contribution in [0.4, 0.5) is 0 Å². The Hall–Kier alpha value is -0.310.